The van der Waals surface area contributed by atoms with Gasteiger partial charge < -0.3 is 4.74 Å². The van der Waals surface area contributed by atoms with Gasteiger partial charge in [0.05, 0.1) is 15.3 Å². The van der Waals surface area contributed by atoms with Crippen LogP contribution in [0.1, 0.15) is 18.4 Å². The van der Waals surface area contributed by atoms with Crippen molar-refractivity contribution in [2.45, 2.75) is 31.5 Å². The zero-order valence-electron chi connectivity index (χ0n) is 9.65. The molecule has 0 atom stereocenters. The van der Waals surface area contributed by atoms with Gasteiger partial charge in [0.25, 0.3) is 0 Å². The summed E-state index contributed by atoms with van der Waals surface area (Å²) < 4.78 is 24.4. The molecule has 0 aliphatic heterocycles. The Morgan fingerprint density at radius 1 is 1.56 bits per heavy atom. The lowest BCUT2D eigenvalue weighted by molar-refractivity contribution is -0.0332. The molecule has 1 fully saturated rings. The first-order valence-corrected chi connectivity index (χ1v) is 8.67. The van der Waals surface area contributed by atoms with E-state index in [4.69, 9.17) is 14.2 Å². The van der Waals surface area contributed by atoms with E-state index in [0.717, 1.165) is 14.8 Å². The Morgan fingerprint density at radius 3 is 2.83 bits per heavy atom. The third-order valence-electron chi connectivity index (χ3n) is 2.89. The van der Waals surface area contributed by atoms with Crippen LogP contribution in [0.4, 0.5) is 4.39 Å². The SMILES string of the molecule is Cc1ccc(OC2CC(C#N)(OSI)C2)c(F)c1. The van der Waals surface area contributed by atoms with Crippen molar-refractivity contribution in [3.05, 3.63) is 29.6 Å². The van der Waals surface area contributed by atoms with Crippen molar-refractivity contribution in [1.29, 1.82) is 5.26 Å². The van der Waals surface area contributed by atoms with Crippen LogP contribution in [0.5, 0.6) is 5.75 Å². The van der Waals surface area contributed by atoms with Crippen LogP contribution in [0.15, 0.2) is 18.2 Å². The molecule has 1 aliphatic carbocycles. The van der Waals surface area contributed by atoms with E-state index in [1.54, 1.807) is 12.1 Å². The van der Waals surface area contributed by atoms with Crippen molar-refractivity contribution in [2.75, 3.05) is 0 Å². The number of halogens is 2. The topological polar surface area (TPSA) is 42.2 Å². The first kappa shape index (κ1) is 13.9. The third-order valence-corrected chi connectivity index (χ3v) is 3.81. The second-order valence-electron chi connectivity index (χ2n) is 4.33. The van der Waals surface area contributed by atoms with Crippen molar-refractivity contribution in [2.24, 2.45) is 0 Å². The number of nitriles is 1. The van der Waals surface area contributed by atoms with Crippen LogP contribution in [0.2, 0.25) is 0 Å². The summed E-state index contributed by atoms with van der Waals surface area (Å²) in [5.41, 5.74) is 0.0713. The molecule has 0 bridgehead atoms. The molecule has 0 N–H and O–H groups in total. The van der Waals surface area contributed by atoms with Gasteiger partial charge in [-0.2, -0.15) is 5.26 Å². The van der Waals surface area contributed by atoms with Gasteiger partial charge in [0, 0.05) is 34.0 Å². The second kappa shape index (κ2) is 5.63. The smallest absolute Gasteiger partial charge is 0.176 e. The van der Waals surface area contributed by atoms with Crippen LogP contribution in [-0.2, 0) is 4.18 Å². The van der Waals surface area contributed by atoms with E-state index in [-0.39, 0.29) is 17.7 Å². The van der Waals surface area contributed by atoms with Crippen LogP contribution < -0.4 is 4.74 Å². The van der Waals surface area contributed by atoms with E-state index in [1.165, 1.54) is 6.07 Å². The summed E-state index contributed by atoms with van der Waals surface area (Å²) in [6.45, 7) is 1.82. The normalized spacial score (nSPS) is 26.2. The molecule has 0 amide bonds. The summed E-state index contributed by atoms with van der Waals surface area (Å²) in [7, 11) is 1.14. The Bertz CT molecular complexity index is 485. The molecule has 0 saturated heterocycles. The lowest BCUT2D eigenvalue weighted by atomic mass is 9.78. The van der Waals surface area contributed by atoms with Crippen LogP contribution in [0.3, 0.4) is 0 Å². The van der Waals surface area contributed by atoms with E-state index in [2.05, 4.69) is 6.07 Å². The van der Waals surface area contributed by atoms with Crippen LogP contribution in [0.25, 0.3) is 0 Å². The molecule has 6 heteroatoms. The maximum Gasteiger partial charge on any atom is 0.176 e. The molecule has 0 spiro atoms. The zero-order valence-corrected chi connectivity index (χ0v) is 12.6. The fourth-order valence-electron chi connectivity index (χ4n) is 1.88. The molecule has 1 saturated carbocycles. The molecule has 0 heterocycles. The van der Waals surface area contributed by atoms with Gasteiger partial charge in [0.1, 0.15) is 6.10 Å². The zero-order chi connectivity index (χ0) is 13.2. The second-order valence-corrected chi connectivity index (χ2v) is 5.71. The van der Waals surface area contributed by atoms with Gasteiger partial charge in [-0.25, -0.2) is 4.39 Å². The predicted octanol–water partition coefficient (Wildman–Crippen LogP) is 3.95. The number of rotatable bonds is 4. The Hall–Kier alpha value is -0.520. The van der Waals surface area contributed by atoms with Crippen molar-refractivity contribution in [3.8, 4) is 11.8 Å². The summed E-state index contributed by atoms with van der Waals surface area (Å²) in [6, 6.07) is 6.98. The number of aryl methyl sites for hydroxylation is 1. The van der Waals surface area contributed by atoms with Crippen LogP contribution in [-0.4, -0.2) is 11.7 Å². The number of benzene rings is 1. The molecule has 1 aromatic carbocycles. The molecule has 0 radical (unpaired) electrons. The summed E-state index contributed by atoms with van der Waals surface area (Å²) in [5, 5.41) is 9.02. The standard InChI is InChI=1S/C12H11FINO2S/c1-8-2-3-11(10(13)4-8)16-9-5-12(6-9,7-15)17-18-14/h2-4,9H,5-6H2,1H3. The van der Waals surface area contributed by atoms with Gasteiger partial charge >= 0.3 is 0 Å². The highest BCUT2D eigenvalue weighted by Gasteiger charge is 2.48. The molecule has 1 aliphatic rings. The number of nitrogens with zero attached hydrogens (tertiary/aromatic N) is 1. The highest BCUT2D eigenvalue weighted by atomic mass is 127. The molecular formula is C12H11FINO2S. The lowest BCUT2D eigenvalue weighted by Crippen LogP contribution is -2.49. The largest absolute Gasteiger partial charge is 0.487 e. The number of hydrogen-bond acceptors (Lipinski definition) is 4. The van der Waals surface area contributed by atoms with Crippen LogP contribution >= 0.6 is 30.4 Å². The number of hydrogen-bond donors (Lipinski definition) is 0. The van der Waals surface area contributed by atoms with Crippen molar-refractivity contribution >= 4 is 30.4 Å². The Labute approximate surface area is 121 Å². The van der Waals surface area contributed by atoms with E-state index in [0.29, 0.717) is 12.8 Å². The van der Waals surface area contributed by atoms with Gasteiger partial charge in [0.2, 0.25) is 0 Å². The van der Waals surface area contributed by atoms with Gasteiger partial charge in [-0.05, 0) is 24.6 Å². The Morgan fingerprint density at radius 2 is 2.28 bits per heavy atom. The monoisotopic (exact) mass is 379 g/mol. The van der Waals surface area contributed by atoms with E-state index >= 15 is 0 Å². The Balaban J connectivity index is 1.96. The highest BCUT2D eigenvalue weighted by molar-refractivity contribution is 14.2. The van der Waals surface area contributed by atoms with E-state index in [1.807, 2.05) is 28.1 Å². The summed E-state index contributed by atoms with van der Waals surface area (Å²) in [4.78, 5) is 0. The van der Waals surface area contributed by atoms with Crippen LogP contribution in [0, 0.1) is 24.1 Å². The number of ether oxygens (including phenoxy) is 1. The minimum absolute atomic E-state index is 0.162. The maximum absolute atomic E-state index is 13.6. The molecule has 1 aromatic rings. The van der Waals surface area contributed by atoms with Crippen molar-refractivity contribution in [1.82, 2.24) is 0 Å². The Kier molecular flexibility index (Phi) is 4.35. The average Bonchev–Trinajstić information content (AvgIpc) is 2.29. The van der Waals surface area contributed by atoms with Gasteiger partial charge in [-0.3, -0.25) is 4.18 Å². The van der Waals surface area contributed by atoms with Crippen molar-refractivity contribution < 1.29 is 13.3 Å². The fourth-order valence-corrected chi connectivity index (χ4v) is 3.20. The van der Waals surface area contributed by atoms with Gasteiger partial charge in [0.15, 0.2) is 17.2 Å². The predicted molar refractivity (Wildman–Crippen MR) is 75.8 cm³/mol. The summed E-state index contributed by atoms with van der Waals surface area (Å²) in [5.74, 6) is -0.132. The lowest BCUT2D eigenvalue weighted by Gasteiger charge is -2.40. The van der Waals surface area contributed by atoms with E-state index in [9.17, 15) is 4.39 Å². The van der Waals surface area contributed by atoms with Gasteiger partial charge in [-0.1, -0.05) is 6.07 Å². The first-order valence-electron chi connectivity index (χ1n) is 5.39. The molecule has 18 heavy (non-hydrogen) atoms. The molecule has 96 valence electrons. The first-order chi connectivity index (χ1) is 8.58. The molecular weight excluding hydrogens is 368 g/mol. The van der Waals surface area contributed by atoms with E-state index < -0.39 is 5.60 Å². The fraction of sp³-hybridized carbons (Fsp3) is 0.417. The summed E-state index contributed by atoms with van der Waals surface area (Å²) in [6.07, 6.45) is 0.769. The molecule has 3 nitrogen and oxygen atoms in total. The minimum atomic E-state index is -0.780. The summed E-state index contributed by atoms with van der Waals surface area (Å²) >= 11 is 1.98. The molecule has 0 unspecified atom stereocenters. The highest BCUT2D eigenvalue weighted by Crippen LogP contribution is 2.42. The van der Waals surface area contributed by atoms with Crippen molar-refractivity contribution in [3.63, 3.8) is 0 Å². The molecule has 2 rings (SSSR count). The average molecular weight is 379 g/mol. The third kappa shape index (κ3) is 2.90. The molecule has 0 aromatic heterocycles. The quantitative estimate of drug-likeness (QED) is 0.587. The maximum atomic E-state index is 13.6. The van der Waals surface area contributed by atoms with Gasteiger partial charge in [-0.15, -0.1) is 0 Å². The minimum Gasteiger partial charge on any atom is -0.487 e.